The predicted molar refractivity (Wildman–Crippen MR) is 150 cm³/mol. The lowest BCUT2D eigenvalue weighted by molar-refractivity contribution is -0.174. The molecule has 214 valence electrons. The molecule has 0 saturated heterocycles. The van der Waals surface area contributed by atoms with E-state index >= 15 is 0 Å². The standard InChI is InChI=1S/C31H60O5/c1-4-7-10-11-12-13-14-15-16-17-18-19-20-23-26-31(36,29(34)27(32)24-21-8-5-2)30(35)28(33)25-22-9-6-3/h29-30,34-36H,4-26H2,1-3H3. The van der Waals surface area contributed by atoms with Gasteiger partial charge in [-0.25, -0.2) is 0 Å². The van der Waals surface area contributed by atoms with Crippen LogP contribution in [0.1, 0.15) is 168 Å². The molecule has 0 amide bonds. The summed E-state index contributed by atoms with van der Waals surface area (Å²) in [4.78, 5) is 25.1. The number of hydrogen-bond acceptors (Lipinski definition) is 5. The highest BCUT2D eigenvalue weighted by atomic mass is 16.4. The molecule has 0 aliphatic heterocycles. The molecule has 0 aromatic heterocycles. The van der Waals surface area contributed by atoms with Crippen molar-refractivity contribution in [2.45, 2.75) is 186 Å². The lowest BCUT2D eigenvalue weighted by Gasteiger charge is -2.36. The lowest BCUT2D eigenvalue weighted by atomic mass is 9.79. The van der Waals surface area contributed by atoms with E-state index < -0.39 is 29.4 Å². The van der Waals surface area contributed by atoms with Gasteiger partial charge in [-0.2, -0.15) is 0 Å². The number of carbonyl (C=O) groups is 2. The molecule has 2 atom stereocenters. The van der Waals surface area contributed by atoms with Crippen molar-refractivity contribution in [3.8, 4) is 0 Å². The van der Waals surface area contributed by atoms with Gasteiger partial charge in [0.05, 0.1) is 0 Å². The first-order valence-electron chi connectivity index (χ1n) is 15.5. The zero-order valence-corrected chi connectivity index (χ0v) is 24.1. The van der Waals surface area contributed by atoms with Crippen molar-refractivity contribution < 1.29 is 24.9 Å². The van der Waals surface area contributed by atoms with Gasteiger partial charge in [-0.1, -0.05) is 136 Å². The molecule has 3 N–H and O–H groups in total. The van der Waals surface area contributed by atoms with Gasteiger partial charge in [-0.15, -0.1) is 0 Å². The molecule has 0 aromatic rings. The Labute approximate surface area is 222 Å². The van der Waals surface area contributed by atoms with Crippen molar-refractivity contribution >= 4 is 11.6 Å². The van der Waals surface area contributed by atoms with E-state index in [1.54, 1.807) is 0 Å². The fourth-order valence-corrected chi connectivity index (χ4v) is 4.96. The molecule has 5 heteroatoms. The second kappa shape index (κ2) is 23.3. The van der Waals surface area contributed by atoms with Gasteiger partial charge in [-0.3, -0.25) is 9.59 Å². The van der Waals surface area contributed by atoms with E-state index in [1.807, 2.05) is 13.8 Å². The Hall–Kier alpha value is -0.780. The van der Waals surface area contributed by atoms with Gasteiger partial charge in [0, 0.05) is 12.8 Å². The topological polar surface area (TPSA) is 94.8 Å². The van der Waals surface area contributed by atoms with Crippen LogP contribution >= 0.6 is 0 Å². The number of carbonyl (C=O) groups excluding carboxylic acids is 2. The van der Waals surface area contributed by atoms with E-state index in [-0.39, 0.29) is 19.3 Å². The van der Waals surface area contributed by atoms with Crippen LogP contribution in [0.5, 0.6) is 0 Å². The van der Waals surface area contributed by atoms with Crippen molar-refractivity contribution in [3.63, 3.8) is 0 Å². The van der Waals surface area contributed by atoms with Gasteiger partial charge < -0.3 is 15.3 Å². The van der Waals surface area contributed by atoms with Crippen LogP contribution in [0.3, 0.4) is 0 Å². The van der Waals surface area contributed by atoms with Crippen molar-refractivity contribution in [1.29, 1.82) is 0 Å². The molecule has 2 unspecified atom stereocenters. The largest absolute Gasteiger partial charge is 0.383 e. The molecule has 0 spiro atoms. The van der Waals surface area contributed by atoms with Crippen LogP contribution < -0.4 is 0 Å². The summed E-state index contributed by atoms with van der Waals surface area (Å²) in [5.41, 5.74) is -2.09. The number of unbranched alkanes of at least 4 members (excludes halogenated alkanes) is 17. The van der Waals surface area contributed by atoms with Crippen LogP contribution in [0.15, 0.2) is 0 Å². The highest BCUT2D eigenvalue weighted by molar-refractivity contribution is 5.88. The summed E-state index contributed by atoms with van der Waals surface area (Å²) >= 11 is 0. The molecule has 0 aromatic carbocycles. The number of ketones is 2. The van der Waals surface area contributed by atoms with Gasteiger partial charge in [0.1, 0.15) is 17.8 Å². The Kier molecular flexibility index (Phi) is 22.8. The van der Waals surface area contributed by atoms with Crippen molar-refractivity contribution in [1.82, 2.24) is 0 Å². The second-order valence-corrected chi connectivity index (χ2v) is 11.0. The average molecular weight is 513 g/mol. The van der Waals surface area contributed by atoms with Crippen LogP contribution in [0.2, 0.25) is 0 Å². The first-order valence-corrected chi connectivity index (χ1v) is 15.5. The molecule has 36 heavy (non-hydrogen) atoms. The highest BCUT2D eigenvalue weighted by Gasteiger charge is 2.48. The second-order valence-electron chi connectivity index (χ2n) is 11.0. The van der Waals surface area contributed by atoms with Crippen LogP contribution in [-0.4, -0.2) is 44.7 Å². The number of rotatable bonds is 27. The van der Waals surface area contributed by atoms with E-state index in [2.05, 4.69) is 6.92 Å². The third kappa shape index (κ3) is 16.1. The Bertz CT molecular complexity index is 505. The molecule has 0 heterocycles. The van der Waals surface area contributed by atoms with Gasteiger partial charge in [0.2, 0.25) is 0 Å². The minimum Gasteiger partial charge on any atom is -0.383 e. The van der Waals surface area contributed by atoms with Crippen LogP contribution in [-0.2, 0) is 9.59 Å². The quantitative estimate of drug-likeness (QED) is 0.0984. The van der Waals surface area contributed by atoms with E-state index in [0.29, 0.717) is 19.3 Å². The van der Waals surface area contributed by atoms with E-state index in [4.69, 9.17) is 0 Å². The lowest BCUT2D eigenvalue weighted by Crippen LogP contribution is -2.58. The minimum atomic E-state index is -2.09. The first kappa shape index (κ1) is 35.2. The van der Waals surface area contributed by atoms with Gasteiger partial charge >= 0.3 is 0 Å². The van der Waals surface area contributed by atoms with E-state index in [0.717, 1.165) is 44.9 Å². The number of Topliss-reactive ketones (excluding diaryl/α,β-unsaturated/α-hetero) is 2. The number of aliphatic hydroxyl groups is 3. The maximum atomic E-state index is 12.6. The molecular weight excluding hydrogens is 452 g/mol. The van der Waals surface area contributed by atoms with E-state index in [9.17, 15) is 24.9 Å². The van der Waals surface area contributed by atoms with Crippen molar-refractivity contribution in [3.05, 3.63) is 0 Å². The molecular formula is C31H60O5. The van der Waals surface area contributed by atoms with E-state index in [1.165, 1.54) is 64.2 Å². The SMILES string of the molecule is CCCCCCCCCCCCCCCCC(O)(C(O)C(=O)CCCCC)C(O)C(=O)CCCCC. The summed E-state index contributed by atoms with van der Waals surface area (Å²) in [6.07, 6.45) is 18.7. The highest BCUT2D eigenvalue weighted by Crippen LogP contribution is 2.28. The molecule has 5 nitrogen and oxygen atoms in total. The van der Waals surface area contributed by atoms with Crippen LogP contribution in [0.4, 0.5) is 0 Å². The summed E-state index contributed by atoms with van der Waals surface area (Å²) < 4.78 is 0. The molecule has 0 rings (SSSR count). The number of hydrogen-bond donors (Lipinski definition) is 3. The Morgan fingerprint density at radius 3 is 1.11 bits per heavy atom. The molecule has 0 saturated carbocycles. The van der Waals surface area contributed by atoms with Gasteiger partial charge in [-0.05, 0) is 19.3 Å². The summed E-state index contributed by atoms with van der Waals surface area (Å²) in [6, 6.07) is 0. The molecule has 0 aliphatic carbocycles. The Morgan fingerprint density at radius 2 is 0.778 bits per heavy atom. The third-order valence-corrected chi connectivity index (χ3v) is 7.54. The zero-order valence-electron chi connectivity index (χ0n) is 24.1. The van der Waals surface area contributed by atoms with Crippen molar-refractivity contribution in [2.75, 3.05) is 0 Å². The summed E-state index contributed by atoms with van der Waals surface area (Å²) in [5, 5.41) is 32.7. The summed E-state index contributed by atoms with van der Waals surface area (Å²) in [7, 11) is 0. The Balaban J connectivity index is 4.46. The minimum absolute atomic E-state index is 0.0619. The fourth-order valence-electron chi connectivity index (χ4n) is 4.96. The van der Waals surface area contributed by atoms with Crippen LogP contribution in [0.25, 0.3) is 0 Å². The van der Waals surface area contributed by atoms with Crippen molar-refractivity contribution in [2.24, 2.45) is 0 Å². The fraction of sp³-hybridized carbons (Fsp3) is 0.935. The summed E-state index contributed by atoms with van der Waals surface area (Å²) in [5.74, 6) is -0.951. The molecule has 0 radical (unpaired) electrons. The zero-order chi connectivity index (χ0) is 27.1. The number of aliphatic hydroxyl groups excluding tert-OH is 2. The molecule has 0 fully saturated rings. The maximum Gasteiger partial charge on any atom is 0.164 e. The predicted octanol–water partition coefficient (Wildman–Crippen LogP) is 7.61. The summed E-state index contributed by atoms with van der Waals surface area (Å²) in [6.45, 7) is 6.32. The normalized spacial score (nSPS) is 14.9. The maximum absolute atomic E-state index is 12.6. The van der Waals surface area contributed by atoms with Gasteiger partial charge in [0.25, 0.3) is 0 Å². The monoisotopic (exact) mass is 512 g/mol. The molecule has 0 aliphatic rings. The third-order valence-electron chi connectivity index (χ3n) is 7.54. The van der Waals surface area contributed by atoms with Gasteiger partial charge in [0.15, 0.2) is 11.6 Å². The Morgan fingerprint density at radius 1 is 0.500 bits per heavy atom. The molecule has 0 bridgehead atoms. The average Bonchev–Trinajstić information content (AvgIpc) is 2.87. The smallest absolute Gasteiger partial charge is 0.164 e. The van der Waals surface area contributed by atoms with Crippen LogP contribution in [0, 0.1) is 0 Å². The first-order chi connectivity index (χ1) is 17.3.